The van der Waals surface area contributed by atoms with Crippen molar-refractivity contribution in [1.29, 1.82) is 0 Å². The normalized spacial score (nSPS) is 10.4. The first-order chi connectivity index (χ1) is 8.15. The molecule has 1 aromatic rings. The van der Waals surface area contributed by atoms with Crippen molar-refractivity contribution in [3.63, 3.8) is 0 Å². The fourth-order valence-corrected chi connectivity index (χ4v) is 1.56. The Morgan fingerprint density at radius 1 is 1.24 bits per heavy atom. The van der Waals surface area contributed by atoms with E-state index >= 15 is 0 Å². The summed E-state index contributed by atoms with van der Waals surface area (Å²) in [6.07, 6.45) is 4.29. The molecule has 0 aliphatic heterocycles. The lowest BCUT2D eigenvalue weighted by Gasteiger charge is -2.11. The van der Waals surface area contributed by atoms with Gasteiger partial charge in [-0.15, -0.1) is 0 Å². The van der Waals surface area contributed by atoms with Crippen LogP contribution in [0.3, 0.4) is 0 Å². The number of benzene rings is 1. The van der Waals surface area contributed by atoms with Crippen LogP contribution in [0.5, 0.6) is 5.75 Å². The van der Waals surface area contributed by atoms with Gasteiger partial charge in [-0.3, -0.25) is 0 Å². The van der Waals surface area contributed by atoms with Crippen LogP contribution in [0.2, 0.25) is 0 Å². The fraction of sp³-hybridized carbons (Fsp3) is 0.500. The Bertz CT molecular complexity index is 345. The zero-order valence-corrected chi connectivity index (χ0v) is 10.0. The molecule has 0 aliphatic carbocycles. The molecule has 0 saturated carbocycles. The van der Waals surface area contributed by atoms with Crippen molar-refractivity contribution in [2.45, 2.75) is 32.6 Å². The van der Waals surface area contributed by atoms with Gasteiger partial charge >= 0.3 is 7.12 Å². The van der Waals surface area contributed by atoms with E-state index in [4.69, 9.17) is 14.8 Å². The van der Waals surface area contributed by atoms with Gasteiger partial charge < -0.3 is 14.8 Å². The molecule has 2 N–H and O–H groups in total. The summed E-state index contributed by atoms with van der Waals surface area (Å²) in [5.41, 5.74) is 0.0699. The highest BCUT2D eigenvalue weighted by atomic mass is 19.1. The van der Waals surface area contributed by atoms with E-state index in [0.29, 0.717) is 12.4 Å². The summed E-state index contributed by atoms with van der Waals surface area (Å²) in [5, 5.41) is 18.2. The molecule has 1 aromatic carbocycles. The highest BCUT2D eigenvalue weighted by molar-refractivity contribution is 6.59. The van der Waals surface area contributed by atoms with E-state index in [0.717, 1.165) is 31.7 Å². The van der Waals surface area contributed by atoms with Gasteiger partial charge in [-0.2, -0.15) is 0 Å². The number of rotatable bonds is 7. The van der Waals surface area contributed by atoms with E-state index in [1.54, 1.807) is 0 Å². The molecular weight excluding hydrogens is 222 g/mol. The second-order valence-corrected chi connectivity index (χ2v) is 3.96. The van der Waals surface area contributed by atoms with Gasteiger partial charge in [0.05, 0.1) is 6.61 Å². The van der Waals surface area contributed by atoms with Crippen molar-refractivity contribution in [2.75, 3.05) is 6.61 Å². The molecule has 0 aliphatic rings. The number of halogens is 1. The average molecular weight is 240 g/mol. The Hall–Kier alpha value is -1.07. The molecular formula is C12H18BFO3. The summed E-state index contributed by atoms with van der Waals surface area (Å²) in [4.78, 5) is 0. The van der Waals surface area contributed by atoms with Crippen LogP contribution in [0.4, 0.5) is 4.39 Å². The zero-order chi connectivity index (χ0) is 12.7. The van der Waals surface area contributed by atoms with Gasteiger partial charge in [-0.05, 0) is 24.6 Å². The second-order valence-electron chi connectivity index (χ2n) is 3.96. The van der Waals surface area contributed by atoms with Crippen LogP contribution >= 0.6 is 0 Å². The Labute approximate surface area is 101 Å². The van der Waals surface area contributed by atoms with Crippen LogP contribution in [0, 0.1) is 5.82 Å². The predicted octanol–water partition coefficient (Wildman–Crippen LogP) is 1.46. The molecule has 5 heteroatoms. The molecule has 1 rings (SSSR count). The third kappa shape index (κ3) is 4.75. The molecule has 0 atom stereocenters. The van der Waals surface area contributed by atoms with Crippen LogP contribution in [0.15, 0.2) is 18.2 Å². The summed E-state index contributed by atoms with van der Waals surface area (Å²) in [5.74, 6) is -0.177. The van der Waals surface area contributed by atoms with Crippen LogP contribution in [-0.2, 0) is 0 Å². The van der Waals surface area contributed by atoms with E-state index in [2.05, 4.69) is 6.92 Å². The zero-order valence-electron chi connectivity index (χ0n) is 10.0. The summed E-state index contributed by atoms with van der Waals surface area (Å²) < 4.78 is 18.3. The molecule has 94 valence electrons. The standard InChI is InChI=1S/C12H18BFO3/c1-2-3-4-5-8-17-12-7-6-10(14)9-11(12)13(15)16/h6-7,9,15-16H,2-5,8H2,1H3. The van der Waals surface area contributed by atoms with Gasteiger partial charge in [0.1, 0.15) is 11.6 Å². The Morgan fingerprint density at radius 2 is 2.00 bits per heavy atom. The van der Waals surface area contributed by atoms with Crippen LogP contribution in [-0.4, -0.2) is 23.8 Å². The lowest BCUT2D eigenvalue weighted by Crippen LogP contribution is -2.32. The molecule has 0 spiro atoms. The number of hydrogen-bond donors (Lipinski definition) is 2. The Kier molecular flexibility index (Phi) is 6.01. The first kappa shape index (κ1) is 14.0. The smallest absolute Gasteiger partial charge is 0.492 e. The highest BCUT2D eigenvalue weighted by Gasteiger charge is 2.17. The van der Waals surface area contributed by atoms with Crippen LogP contribution in [0.25, 0.3) is 0 Å². The lowest BCUT2D eigenvalue weighted by molar-refractivity contribution is 0.305. The second kappa shape index (κ2) is 7.30. The third-order valence-electron chi connectivity index (χ3n) is 2.51. The van der Waals surface area contributed by atoms with Gasteiger partial charge in [-0.25, -0.2) is 4.39 Å². The minimum Gasteiger partial charge on any atom is -0.494 e. The molecule has 17 heavy (non-hydrogen) atoms. The van der Waals surface area contributed by atoms with Gasteiger partial charge in [0.2, 0.25) is 0 Å². The van der Waals surface area contributed by atoms with Crippen molar-refractivity contribution < 1.29 is 19.2 Å². The Morgan fingerprint density at radius 3 is 2.65 bits per heavy atom. The summed E-state index contributed by atoms with van der Waals surface area (Å²) in [7, 11) is -1.71. The van der Waals surface area contributed by atoms with Crippen molar-refractivity contribution in [1.82, 2.24) is 0 Å². The van der Waals surface area contributed by atoms with Gasteiger partial charge in [-0.1, -0.05) is 26.2 Å². The SMILES string of the molecule is CCCCCCOc1ccc(F)cc1B(O)O. The predicted molar refractivity (Wildman–Crippen MR) is 65.9 cm³/mol. The quantitative estimate of drug-likeness (QED) is 0.560. The van der Waals surface area contributed by atoms with Gasteiger partial charge in [0.15, 0.2) is 0 Å². The molecule has 0 amide bonds. The summed E-state index contributed by atoms with van der Waals surface area (Å²) in [6.45, 7) is 2.63. The molecule has 0 heterocycles. The minimum atomic E-state index is -1.71. The molecule has 0 saturated heterocycles. The maximum absolute atomic E-state index is 12.9. The van der Waals surface area contributed by atoms with Crippen molar-refractivity contribution in [2.24, 2.45) is 0 Å². The summed E-state index contributed by atoms with van der Waals surface area (Å²) >= 11 is 0. The molecule has 0 bridgehead atoms. The van der Waals surface area contributed by atoms with Crippen molar-refractivity contribution in [3.05, 3.63) is 24.0 Å². The van der Waals surface area contributed by atoms with Crippen LogP contribution in [0.1, 0.15) is 32.6 Å². The first-order valence-corrected chi connectivity index (χ1v) is 5.93. The molecule has 0 radical (unpaired) electrons. The lowest BCUT2D eigenvalue weighted by atomic mass is 9.79. The topological polar surface area (TPSA) is 49.7 Å². The van der Waals surface area contributed by atoms with Gasteiger partial charge in [0.25, 0.3) is 0 Å². The number of hydrogen-bond acceptors (Lipinski definition) is 3. The van der Waals surface area contributed by atoms with E-state index in [1.165, 1.54) is 12.1 Å². The van der Waals surface area contributed by atoms with Crippen molar-refractivity contribution >= 4 is 12.6 Å². The highest BCUT2D eigenvalue weighted by Crippen LogP contribution is 2.10. The maximum atomic E-state index is 12.9. The van der Waals surface area contributed by atoms with E-state index < -0.39 is 12.9 Å². The Balaban J connectivity index is 2.52. The average Bonchev–Trinajstić information content (AvgIpc) is 2.30. The number of ether oxygens (including phenoxy) is 1. The molecule has 0 unspecified atom stereocenters. The van der Waals surface area contributed by atoms with Crippen LogP contribution < -0.4 is 10.2 Å². The minimum absolute atomic E-state index is 0.0699. The fourth-order valence-electron chi connectivity index (χ4n) is 1.56. The molecule has 0 fully saturated rings. The van der Waals surface area contributed by atoms with Crippen molar-refractivity contribution in [3.8, 4) is 5.75 Å². The van der Waals surface area contributed by atoms with E-state index in [-0.39, 0.29) is 5.46 Å². The van der Waals surface area contributed by atoms with E-state index in [1.807, 2.05) is 0 Å². The third-order valence-corrected chi connectivity index (χ3v) is 2.51. The first-order valence-electron chi connectivity index (χ1n) is 5.93. The van der Waals surface area contributed by atoms with E-state index in [9.17, 15) is 4.39 Å². The largest absolute Gasteiger partial charge is 0.494 e. The summed E-state index contributed by atoms with van der Waals surface area (Å²) in [6, 6.07) is 3.74. The number of unbranched alkanes of at least 4 members (excludes halogenated alkanes) is 3. The monoisotopic (exact) mass is 240 g/mol. The molecule has 3 nitrogen and oxygen atoms in total. The molecule has 0 aromatic heterocycles. The van der Waals surface area contributed by atoms with Gasteiger partial charge in [0, 0.05) is 5.46 Å². The maximum Gasteiger partial charge on any atom is 0.492 e.